The van der Waals surface area contributed by atoms with Gasteiger partial charge in [-0.15, -0.1) is 11.3 Å². The van der Waals surface area contributed by atoms with Crippen molar-refractivity contribution < 1.29 is 14.0 Å². The molecule has 1 aliphatic rings. The number of piperidine rings is 1. The van der Waals surface area contributed by atoms with E-state index in [0.29, 0.717) is 26.8 Å². The van der Waals surface area contributed by atoms with Crippen molar-refractivity contribution >= 4 is 28.8 Å². The second kappa shape index (κ2) is 9.20. The van der Waals surface area contributed by atoms with Gasteiger partial charge in [0.05, 0.1) is 5.69 Å². The first-order chi connectivity index (χ1) is 15.3. The van der Waals surface area contributed by atoms with E-state index in [9.17, 15) is 14.0 Å². The van der Waals surface area contributed by atoms with Crippen molar-refractivity contribution in [1.82, 2.24) is 9.88 Å². The van der Waals surface area contributed by atoms with Crippen molar-refractivity contribution in [2.45, 2.75) is 46.1 Å². The number of anilines is 1. The normalized spacial score (nSPS) is 16.1. The van der Waals surface area contributed by atoms with Crippen LogP contribution in [0, 0.1) is 19.7 Å². The molecular weight excluding hydrogens is 425 g/mol. The van der Waals surface area contributed by atoms with Gasteiger partial charge < -0.3 is 10.2 Å². The smallest absolute Gasteiger partial charge is 0.267 e. The van der Waals surface area contributed by atoms with Crippen LogP contribution in [-0.2, 0) is 0 Å². The van der Waals surface area contributed by atoms with Crippen LogP contribution in [0.3, 0.4) is 0 Å². The van der Waals surface area contributed by atoms with Crippen LogP contribution in [0.4, 0.5) is 10.1 Å². The fourth-order valence-corrected chi connectivity index (χ4v) is 4.97. The third-order valence-corrected chi connectivity index (χ3v) is 7.08. The van der Waals surface area contributed by atoms with Gasteiger partial charge in [0.2, 0.25) is 0 Å². The van der Waals surface area contributed by atoms with Crippen molar-refractivity contribution in [2.75, 3.05) is 11.9 Å². The molecule has 0 bridgehead atoms. The third kappa shape index (κ3) is 4.58. The number of likely N-dealkylation sites (tertiary alicyclic amines) is 1. The number of carbonyl (C=O) groups excluding carboxylic acids is 2. The highest BCUT2D eigenvalue weighted by Crippen LogP contribution is 2.29. The molecule has 2 amide bonds. The van der Waals surface area contributed by atoms with Crippen LogP contribution >= 0.6 is 11.3 Å². The maximum Gasteiger partial charge on any atom is 0.267 e. The quantitative estimate of drug-likeness (QED) is 0.543. The monoisotopic (exact) mass is 451 g/mol. The van der Waals surface area contributed by atoms with E-state index in [1.54, 1.807) is 31.2 Å². The van der Waals surface area contributed by atoms with E-state index in [0.717, 1.165) is 36.9 Å². The molecule has 1 unspecified atom stereocenters. The first-order valence-corrected chi connectivity index (χ1v) is 11.6. The lowest BCUT2D eigenvalue weighted by Crippen LogP contribution is -2.42. The van der Waals surface area contributed by atoms with E-state index in [4.69, 9.17) is 0 Å². The molecule has 3 aromatic rings. The Morgan fingerprint density at radius 3 is 2.56 bits per heavy atom. The largest absolute Gasteiger partial charge is 0.336 e. The highest BCUT2D eigenvalue weighted by atomic mass is 32.1. The van der Waals surface area contributed by atoms with Gasteiger partial charge in [-0.05, 0) is 88.1 Å². The number of halogens is 1. The Morgan fingerprint density at radius 2 is 1.88 bits per heavy atom. The Bertz CT molecular complexity index is 1160. The Morgan fingerprint density at radius 1 is 1.12 bits per heavy atom. The summed E-state index contributed by atoms with van der Waals surface area (Å²) in [6, 6.07) is 11.7. The summed E-state index contributed by atoms with van der Waals surface area (Å²) in [6.45, 7) is 6.55. The first-order valence-electron chi connectivity index (χ1n) is 10.8. The molecule has 0 spiro atoms. The molecule has 1 N–H and O–H groups in total. The van der Waals surface area contributed by atoms with Crippen LogP contribution in [0.1, 0.15) is 57.5 Å². The highest BCUT2D eigenvalue weighted by Gasteiger charge is 2.24. The minimum atomic E-state index is -0.313. The fraction of sp³-hybridized carbons (Fsp3) is 0.320. The van der Waals surface area contributed by atoms with Crippen LogP contribution in [0.2, 0.25) is 0 Å². The van der Waals surface area contributed by atoms with Gasteiger partial charge in [-0.3, -0.25) is 9.59 Å². The summed E-state index contributed by atoms with van der Waals surface area (Å²) in [6.07, 6.45) is 3.24. The molecule has 166 valence electrons. The lowest BCUT2D eigenvalue weighted by molar-refractivity contribution is 0.0635. The number of thiazole rings is 1. The molecule has 2 aromatic carbocycles. The van der Waals surface area contributed by atoms with Gasteiger partial charge in [0.25, 0.3) is 11.8 Å². The van der Waals surface area contributed by atoms with Gasteiger partial charge >= 0.3 is 0 Å². The molecule has 1 atom stereocenters. The summed E-state index contributed by atoms with van der Waals surface area (Å²) in [5.41, 5.74) is 3.52. The van der Waals surface area contributed by atoms with Crippen molar-refractivity contribution in [3.05, 3.63) is 70.0 Å². The van der Waals surface area contributed by atoms with E-state index >= 15 is 0 Å². The van der Waals surface area contributed by atoms with Gasteiger partial charge in [0.1, 0.15) is 15.7 Å². The predicted molar refractivity (Wildman–Crippen MR) is 126 cm³/mol. The lowest BCUT2D eigenvalue weighted by atomic mass is 10.0. The molecule has 32 heavy (non-hydrogen) atoms. The van der Waals surface area contributed by atoms with Gasteiger partial charge in [0.15, 0.2) is 0 Å². The number of carbonyl (C=O) groups is 2. The summed E-state index contributed by atoms with van der Waals surface area (Å²) in [7, 11) is 0. The average Bonchev–Trinajstić information content (AvgIpc) is 3.17. The van der Waals surface area contributed by atoms with Crippen LogP contribution in [-0.4, -0.2) is 34.3 Å². The number of hydrogen-bond donors (Lipinski definition) is 1. The molecule has 5 nitrogen and oxygen atoms in total. The van der Waals surface area contributed by atoms with Crippen molar-refractivity contribution in [2.24, 2.45) is 0 Å². The van der Waals surface area contributed by atoms with E-state index in [-0.39, 0.29) is 23.7 Å². The number of benzene rings is 2. The summed E-state index contributed by atoms with van der Waals surface area (Å²) in [5.74, 6) is -0.521. The number of rotatable bonds is 4. The zero-order valence-corrected chi connectivity index (χ0v) is 19.3. The predicted octanol–water partition coefficient (Wildman–Crippen LogP) is 5.83. The molecule has 0 saturated carbocycles. The van der Waals surface area contributed by atoms with Crippen molar-refractivity contribution in [1.29, 1.82) is 0 Å². The van der Waals surface area contributed by atoms with Crippen LogP contribution in [0.25, 0.3) is 10.6 Å². The van der Waals surface area contributed by atoms with E-state index in [1.807, 2.05) is 17.9 Å². The van der Waals surface area contributed by atoms with Gasteiger partial charge in [-0.1, -0.05) is 0 Å². The van der Waals surface area contributed by atoms with Gasteiger partial charge in [-0.2, -0.15) is 0 Å². The molecule has 1 aliphatic heterocycles. The Balaban J connectivity index is 1.50. The van der Waals surface area contributed by atoms with E-state index in [2.05, 4.69) is 17.2 Å². The fourth-order valence-electron chi connectivity index (χ4n) is 4.00. The zero-order valence-electron chi connectivity index (χ0n) is 18.4. The minimum Gasteiger partial charge on any atom is -0.336 e. The molecule has 1 saturated heterocycles. The number of nitrogens with zero attached hydrogens (tertiary/aromatic N) is 2. The molecule has 4 rings (SSSR count). The molecule has 0 aliphatic carbocycles. The minimum absolute atomic E-state index is 0.0421. The van der Waals surface area contributed by atoms with Gasteiger partial charge in [0, 0.05) is 29.4 Å². The van der Waals surface area contributed by atoms with Crippen LogP contribution in [0.5, 0.6) is 0 Å². The Kier molecular flexibility index (Phi) is 6.37. The summed E-state index contributed by atoms with van der Waals surface area (Å²) in [4.78, 5) is 32.8. The van der Waals surface area contributed by atoms with Crippen molar-refractivity contribution in [3.8, 4) is 10.6 Å². The third-order valence-electron chi connectivity index (χ3n) is 5.88. The van der Waals surface area contributed by atoms with Crippen LogP contribution < -0.4 is 5.32 Å². The summed E-state index contributed by atoms with van der Waals surface area (Å²) < 4.78 is 13.2. The zero-order chi connectivity index (χ0) is 22.8. The maximum atomic E-state index is 13.2. The van der Waals surface area contributed by atoms with Gasteiger partial charge in [-0.25, -0.2) is 9.37 Å². The Hall–Kier alpha value is -3.06. The number of amides is 2. The van der Waals surface area contributed by atoms with E-state index in [1.165, 1.54) is 23.5 Å². The summed E-state index contributed by atoms with van der Waals surface area (Å²) in [5, 5.41) is 3.61. The molecule has 1 aromatic heterocycles. The van der Waals surface area contributed by atoms with E-state index < -0.39 is 0 Å². The molecular formula is C25H26FN3O2S. The molecule has 7 heteroatoms. The topological polar surface area (TPSA) is 62.3 Å². The standard InChI is InChI=1S/C25H26FN3O2S/c1-15-14-19(25(31)29-13-5-4-6-16(29)2)9-12-21(15)28-23(30)22-17(3)27-24(32-22)18-7-10-20(26)11-8-18/h7-12,14,16H,4-6,13H2,1-3H3,(H,28,30). The second-order valence-corrected chi connectivity index (χ2v) is 9.27. The molecule has 0 radical (unpaired) electrons. The lowest BCUT2D eigenvalue weighted by Gasteiger charge is -2.33. The number of hydrogen-bond acceptors (Lipinski definition) is 4. The second-order valence-electron chi connectivity index (χ2n) is 8.27. The molecule has 1 fully saturated rings. The number of nitrogens with one attached hydrogen (secondary N) is 1. The maximum absolute atomic E-state index is 13.2. The number of aryl methyl sites for hydroxylation is 2. The SMILES string of the molecule is Cc1cc(C(=O)N2CCCCC2C)ccc1NC(=O)c1sc(-c2ccc(F)cc2)nc1C. The highest BCUT2D eigenvalue weighted by molar-refractivity contribution is 7.17. The average molecular weight is 452 g/mol. The Labute approximate surface area is 191 Å². The first kappa shape index (κ1) is 22.1. The molecule has 2 heterocycles. The summed E-state index contributed by atoms with van der Waals surface area (Å²) >= 11 is 1.27. The van der Waals surface area contributed by atoms with Crippen molar-refractivity contribution in [3.63, 3.8) is 0 Å². The van der Waals surface area contributed by atoms with Crippen LogP contribution in [0.15, 0.2) is 42.5 Å². The number of aromatic nitrogens is 1.